The number of halogens is 1. The van der Waals surface area contributed by atoms with E-state index in [0.717, 1.165) is 11.3 Å². The van der Waals surface area contributed by atoms with E-state index in [1.807, 2.05) is 42.8 Å². The van der Waals surface area contributed by atoms with Crippen LogP contribution in [0.1, 0.15) is 11.4 Å². The minimum Gasteiger partial charge on any atom is -0.486 e. The highest BCUT2D eigenvalue weighted by Crippen LogP contribution is 2.19. The van der Waals surface area contributed by atoms with Crippen molar-refractivity contribution in [3.63, 3.8) is 0 Å². The predicted molar refractivity (Wildman–Crippen MR) is 107 cm³/mol. The zero-order valence-corrected chi connectivity index (χ0v) is 16.5. The van der Waals surface area contributed by atoms with Crippen LogP contribution in [0.3, 0.4) is 0 Å². The molecule has 0 bridgehead atoms. The van der Waals surface area contributed by atoms with E-state index in [2.05, 4.69) is 15.5 Å². The molecule has 1 aromatic heterocycles. The first-order valence-electron chi connectivity index (χ1n) is 8.27. The quantitative estimate of drug-likeness (QED) is 0.603. The molecule has 6 nitrogen and oxygen atoms in total. The summed E-state index contributed by atoms with van der Waals surface area (Å²) in [6.07, 6.45) is 0. The van der Waals surface area contributed by atoms with Gasteiger partial charge in [0.1, 0.15) is 12.4 Å². The van der Waals surface area contributed by atoms with Gasteiger partial charge in [-0.3, -0.25) is 4.79 Å². The summed E-state index contributed by atoms with van der Waals surface area (Å²) in [6, 6.07) is 14.8. The number of ether oxygens (including phenoxy) is 1. The molecule has 0 fully saturated rings. The number of carbonyl (C=O) groups excluding carboxylic acids is 1. The van der Waals surface area contributed by atoms with E-state index >= 15 is 0 Å². The average Bonchev–Trinajstić information content (AvgIpc) is 2.99. The molecule has 0 saturated carbocycles. The Labute approximate surface area is 166 Å². The van der Waals surface area contributed by atoms with E-state index in [4.69, 9.17) is 16.3 Å². The van der Waals surface area contributed by atoms with E-state index in [1.54, 1.807) is 24.3 Å². The number of thioether (sulfide) groups is 1. The third kappa shape index (κ3) is 5.48. The number of aryl methyl sites for hydroxylation is 1. The minimum atomic E-state index is -0.0902. The SMILES string of the molecule is Cc1cccc(NC(=O)CSc2nnc(COc3ccc(Cl)cc3)n2C)c1. The Hall–Kier alpha value is -2.51. The maximum Gasteiger partial charge on any atom is 0.234 e. The monoisotopic (exact) mass is 402 g/mol. The van der Waals surface area contributed by atoms with Gasteiger partial charge in [-0.1, -0.05) is 35.5 Å². The Kier molecular flexibility index (Phi) is 6.36. The number of nitrogens with zero attached hydrogens (tertiary/aromatic N) is 3. The Morgan fingerprint density at radius 2 is 2.00 bits per heavy atom. The van der Waals surface area contributed by atoms with Crippen molar-refractivity contribution in [3.8, 4) is 5.75 Å². The maximum absolute atomic E-state index is 12.1. The van der Waals surface area contributed by atoms with Gasteiger partial charge in [-0.2, -0.15) is 0 Å². The zero-order valence-electron chi connectivity index (χ0n) is 15.0. The standard InChI is InChI=1S/C19H19ClN4O2S/c1-13-4-3-5-15(10-13)21-18(25)12-27-19-23-22-17(24(19)2)11-26-16-8-6-14(20)7-9-16/h3-10H,11-12H2,1-2H3,(H,21,25). The number of benzene rings is 2. The highest BCUT2D eigenvalue weighted by Gasteiger charge is 2.12. The van der Waals surface area contributed by atoms with Crippen molar-refractivity contribution in [2.75, 3.05) is 11.1 Å². The summed E-state index contributed by atoms with van der Waals surface area (Å²) in [5.74, 6) is 1.53. The molecule has 0 aliphatic carbocycles. The van der Waals surface area contributed by atoms with Gasteiger partial charge in [-0.15, -0.1) is 10.2 Å². The van der Waals surface area contributed by atoms with Gasteiger partial charge in [0.2, 0.25) is 5.91 Å². The van der Waals surface area contributed by atoms with E-state index in [0.29, 0.717) is 21.8 Å². The number of aromatic nitrogens is 3. The van der Waals surface area contributed by atoms with Crippen molar-refractivity contribution in [3.05, 3.63) is 64.9 Å². The largest absolute Gasteiger partial charge is 0.486 e. The Morgan fingerprint density at radius 3 is 2.74 bits per heavy atom. The molecule has 0 unspecified atom stereocenters. The second-order valence-corrected chi connectivity index (χ2v) is 7.29. The molecule has 1 heterocycles. The van der Waals surface area contributed by atoms with E-state index in [9.17, 15) is 4.79 Å². The predicted octanol–water partition coefficient (Wildman–Crippen LogP) is 4.09. The number of rotatable bonds is 7. The molecule has 1 N–H and O–H groups in total. The summed E-state index contributed by atoms with van der Waals surface area (Å²) in [6.45, 7) is 2.26. The van der Waals surface area contributed by atoms with Gasteiger partial charge in [-0.05, 0) is 48.9 Å². The molecule has 140 valence electrons. The molecule has 0 aliphatic heterocycles. The fourth-order valence-electron chi connectivity index (χ4n) is 2.33. The van der Waals surface area contributed by atoms with E-state index in [-0.39, 0.29) is 18.3 Å². The molecule has 2 aromatic carbocycles. The van der Waals surface area contributed by atoms with Crippen LogP contribution < -0.4 is 10.1 Å². The number of amides is 1. The third-order valence-electron chi connectivity index (χ3n) is 3.74. The number of anilines is 1. The van der Waals surface area contributed by atoms with Crippen LogP contribution in [0.15, 0.2) is 53.7 Å². The van der Waals surface area contributed by atoms with Crippen molar-refractivity contribution >= 4 is 35.0 Å². The number of carbonyl (C=O) groups is 1. The lowest BCUT2D eigenvalue weighted by Gasteiger charge is -2.07. The van der Waals surface area contributed by atoms with Gasteiger partial charge in [0.25, 0.3) is 0 Å². The van der Waals surface area contributed by atoms with Crippen molar-refractivity contribution in [1.29, 1.82) is 0 Å². The lowest BCUT2D eigenvalue weighted by molar-refractivity contribution is -0.113. The molecule has 3 aromatic rings. The first-order chi connectivity index (χ1) is 13.0. The van der Waals surface area contributed by atoms with E-state index < -0.39 is 0 Å². The molecule has 1 amide bonds. The molecule has 0 atom stereocenters. The normalized spacial score (nSPS) is 10.6. The lowest BCUT2D eigenvalue weighted by Crippen LogP contribution is -2.14. The Bertz CT molecular complexity index is 928. The van der Waals surface area contributed by atoms with Gasteiger partial charge in [0.15, 0.2) is 11.0 Å². The van der Waals surface area contributed by atoms with Crippen LogP contribution in [0, 0.1) is 6.92 Å². The molecular weight excluding hydrogens is 384 g/mol. The number of nitrogens with one attached hydrogen (secondary N) is 1. The first-order valence-corrected chi connectivity index (χ1v) is 9.63. The molecule has 0 saturated heterocycles. The molecule has 0 aliphatic rings. The molecule has 27 heavy (non-hydrogen) atoms. The molecular formula is C19H19ClN4O2S. The average molecular weight is 403 g/mol. The van der Waals surface area contributed by atoms with Gasteiger partial charge in [0, 0.05) is 17.8 Å². The number of hydrogen-bond donors (Lipinski definition) is 1. The van der Waals surface area contributed by atoms with Crippen LogP contribution in [0.2, 0.25) is 5.02 Å². The topological polar surface area (TPSA) is 69.0 Å². The summed E-state index contributed by atoms with van der Waals surface area (Å²) in [7, 11) is 1.85. The van der Waals surface area contributed by atoms with Crippen molar-refractivity contribution in [2.45, 2.75) is 18.7 Å². The molecule has 3 rings (SSSR count). The molecule has 8 heteroatoms. The van der Waals surface area contributed by atoms with Crippen molar-refractivity contribution in [2.24, 2.45) is 7.05 Å². The third-order valence-corrected chi connectivity index (χ3v) is 5.01. The lowest BCUT2D eigenvalue weighted by atomic mass is 10.2. The first kappa shape index (κ1) is 19.3. The summed E-state index contributed by atoms with van der Waals surface area (Å²) in [5.41, 5.74) is 1.88. The minimum absolute atomic E-state index is 0.0902. The molecule has 0 radical (unpaired) electrons. The molecule has 0 spiro atoms. The second kappa shape index (κ2) is 8.92. The van der Waals surface area contributed by atoms with Crippen LogP contribution in [-0.2, 0) is 18.4 Å². The van der Waals surface area contributed by atoms with Crippen molar-refractivity contribution in [1.82, 2.24) is 14.8 Å². The fourth-order valence-corrected chi connectivity index (χ4v) is 3.18. The van der Waals surface area contributed by atoms with Crippen LogP contribution in [-0.4, -0.2) is 26.4 Å². The van der Waals surface area contributed by atoms with E-state index in [1.165, 1.54) is 11.8 Å². The van der Waals surface area contributed by atoms with Gasteiger partial charge in [0.05, 0.1) is 5.75 Å². The van der Waals surface area contributed by atoms with Crippen LogP contribution in [0.5, 0.6) is 5.75 Å². The highest BCUT2D eigenvalue weighted by atomic mass is 35.5. The van der Waals surface area contributed by atoms with Crippen LogP contribution in [0.25, 0.3) is 0 Å². The van der Waals surface area contributed by atoms with Gasteiger partial charge in [-0.25, -0.2) is 0 Å². The maximum atomic E-state index is 12.1. The van der Waals surface area contributed by atoms with Gasteiger partial charge < -0.3 is 14.6 Å². The highest BCUT2D eigenvalue weighted by molar-refractivity contribution is 7.99. The fraction of sp³-hybridized carbons (Fsp3) is 0.211. The van der Waals surface area contributed by atoms with Crippen molar-refractivity contribution < 1.29 is 9.53 Å². The zero-order chi connectivity index (χ0) is 19.2. The van der Waals surface area contributed by atoms with Gasteiger partial charge >= 0.3 is 0 Å². The van der Waals surface area contributed by atoms with Crippen LogP contribution >= 0.6 is 23.4 Å². The van der Waals surface area contributed by atoms with Crippen LogP contribution in [0.4, 0.5) is 5.69 Å². The summed E-state index contributed by atoms with van der Waals surface area (Å²) < 4.78 is 7.51. The smallest absolute Gasteiger partial charge is 0.234 e. The summed E-state index contributed by atoms with van der Waals surface area (Å²) in [5, 5.41) is 12.5. The number of hydrogen-bond acceptors (Lipinski definition) is 5. The summed E-state index contributed by atoms with van der Waals surface area (Å²) in [4.78, 5) is 12.1. The second-order valence-electron chi connectivity index (χ2n) is 5.91. The summed E-state index contributed by atoms with van der Waals surface area (Å²) >= 11 is 7.19. The Balaban J connectivity index is 1.52. The Morgan fingerprint density at radius 1 is 1.22 bits per heavy atom.